The van der Waals surface area contributed by atoms with Gasteiger partial charge in [0.15, 0.2) is 0 Å². The monoisotopic (exact) mass is 433 g/mol. The highest BCUT2D eigenvalue weighted by atomic mass is 79.9. The quantitative estimate of drug-likeness (QED) is 0.625. The van der Waals surface area contributed by atoms with E-state index in [0.717, 1.165) is 31.7 Å². The zero-order chi connectivity index (χ0) is 14.5. The summed E-state index contributed by atoms with van der Waals surface area (Å²) >= 11 is 14.9. The summed E-state index contributed by atoms with van der Waals surface area (Å²) in [6.07, 6.45) is 0.785. The summed E-state index contributed by atoms with van der Waals surface area (Å²) in [6, 6.07) is 14.3. The first-order chi connectivity index (χ1) is 9.54. The van der Waals surface area contributed by atoms with Crippen molar-refractivity contribution >= 4 is 55.2 Å². The third-order valence-electron chi connectivity index (χ3n) is 2.76. The Kier molecular flexibility index (Phi) is 6.43. The molecule has 0 fully saturated rings. The number of rotatable bonds is 5. The molecule has 0 radical (unpaired) electrons. The third kappa shape index (κ3) is 5.08. The van der Waals surface area contributed by atoms with E-state index in [4.69, 9.17) is 17.3 Å². The molecule has 0 saturated heterocycles. The van der Waals surface area contributed by atoms with Crippen molar-refractivity contribution in [3.05, 3.63) is 62.0 Å². The Morgan fingerprint density at radius 3 is 2.55 bits per heavy atom. The molecule has 2 N–H and O–H groups in total. The predicted octanol–water partition coefficient (Wildman–Crippen LogP) is 5.53. The lowest BCUT2D eigenvalue weighted by molar-refractivity contribution is 0.748. The van der Waals surface area contributed by atoms with Crippen LogP contribution in [-0.2, 0) is 6.42 Å². The molecule has 5 heteroatoms. The minimum Gasteiger partial charge on any atom is -0.327 e. The normalized spacial score (nSPS) is 12.4. The van der Waals surface area contributed by atoms with Gasteiger partial charge in [0.05, 0.1) is 0 Å². The van der Waals surface area contributed by atoms with Gasteiger partial charge in [0.1, 0.15) is 0 Å². The molecule has 0 amide bonds. The second-order valence-electron chi connectivity index (χ2n) is 4.47. The van der Waals surface area contributed by atoms with Gasteiger partial charge in [0.2, 0.25) is 0 Å². The molecule has 0 bridgehead atoms. The second kappa shape index (κ2) is 7.85. The summed E-state index contributed by atoms with van der Waals surface area (Å²) in [7, 11) is 0. The van der Waals surface area contributed by atoms with Gasteiger partial charge in [-0.3, -0.25) is 0 Å². The fourth-order valence-corrected chi connectivity index (χ4v) is 4.00. The highest BCUT2D eigenvalue weighted by Crippen LogP contribution is 2.25. The number of thioether (sulfide) groups is 1. The SMILES string of the molecule is NC(CSc1cccc(Br)c1)Cc1ccc(Br)cc1Cl. The van der Waals surface area contributed by atoms with E-state index in [1.807, 2.05) is 30.3 Å². The first-order valence-electron chi connectivity index (χ1n) is 6.12. The summed E-state index contributed by atoms with van der Waals surface area (Å²) in [6.45, 7) is 0. The summed E-state index contributed by atoms with van der Waals surface area (Å²) < 4.78 is 2.08. The predicted molar refractivity (Wildman–Crippen MR) is 95.7 cm³/mol. The summed E-state index contributed by atoms with van der Waals surface area (Å²) in [5, 5.41) is 0.766. The van der Waals surface area contributed by atoms with Gasteiger partial charge in [-0.2, -0.15) is 0 Å². The van der Waals surface area contributed by atoms with E-state index in [0.29, 0.717) is 0 Å². The van der Waals surface area contributed by atoms with Crippen LogP contribution >= 0.6 is 55.2 Å². The van der Waals surface area contributed by atoms with E-state index < -0.39 is 0 Å². The van der Waals surface area contributed by atoms with Gasteiger partial charge in [-0.05, 0) is 42.3 Å². The van der Waals surface area contributed by atoms with Gasteiger partial charge in [-0.25, -0.2) is 0 Å². The Balaban J connectivity index is 1.90. The van der Waals surface area contributed by atoms with E-state index >= 15 is 0 Å². The number of hydrogen-bond donors (Lipinski definition) is 1. The number of benzene rings is 2. The molecule has 106 valence electrons. The molecule has 0 aliphatic rings. The van der Waals surface area contributed by atoms with E-state index in [-0.39, 0.29) is 6.04 Å². The number of halogens is 3. The molecule has 1 unspecified atom stereocenters. The van der Waals surface area contributed by atoms with E-state index in [9.17, 15) is 0 Å². The van der Waals surface area contributed by atoms with Crippen LogP contribution in [0.1, 0.15) is 5.56 Å². The van der Waals surface area contributed by atoms with Gasteiger partial charge < -0.3 is 5.73 Å². The van der Waals surface area contributed by atoms with E-state index in [2.05, 4.69) is 44.0 Å². The Morgan fingerprint density at radius 1 is 1.10 bits per heavy atom. The summed E-state index contributed by atoms with van der Waals surface area (Å²) in [5.41, 5.74) is 7.29. The third-order valence-corrected chi connectivity index (χ3v) is 5.28. The van der Waals surface area contributed by atoms with Crippen molar-refractivity contribution in [1.82, 2.24) is 0 Å². The number of nitrogens with two attached hydrogens (primary N) is 1. The summed E-state index contributed by atoms with van der Waals surface area (Å²) in [5.74, 6) is 0.864. The molecule has 1 atom stereocenters. The lowest BCUT2D eigenvalue weighted by atomic mass is 10.1. The maximum Gasteiger partial charge on any atom is 0.0449 e. The van der Waals surface area contributed by atoms with Crippen LogP contribution in [0.2, 0.25) is 5.02 Å². The minimum absolute atomic E-state index is 0.0812. The molecule has 2 rings (SSSR count). The molecule has 0 spiro atoms. The summed E-state index contributed by atoms with van der Waals surface area (Å²) in [4.78, 5) is 1.22. The van der Waals surface area contributed by atoms with Crippen molar-refractivity contribution in [2.24, 2.45) is 5.73 Å². The molecule has 0 heterocycles. The van der Waals surface area contributed by atoms with Gasteiger partial charge in [-0.1, -0.05) is 55.6 Å². The molecule has 1 nitrogen and oxygen atoms in total. The Bertz CT molecular complexity index is 592. The topological polar surface area (TPSA) is 26.0 Å². The van der Waals surface area contributed by atoms with Crippen LogP contribution in [0.3, 0.4) is 0 Å². The van der Waals surface area contributed by atoms with E-state index in [1.165, 1.54) is 4.90 Å². The fourth-order valence-electron chi connectivity index (χ4n) is 1.79. The molecule has 0 aromatic heterocycles. The largest absolute Gasteiger partial charge is 0.327 e. The van der Waals surface area contributed by atoms with Crippen molar-refractivity contribution in [2.75, 3.05) is 5.75 Å². The van der Waals surface area contributed by atoms with Crippen molar-refractivity contribution in [1.29, 1.82) is 0 Å². The standard InChI is InChI=1S/C15H14Br2ClNS/c16-11-2-1-3-14(7-11)20-9-13(19)6-10-4-5-12(17)8-15(10)18/h1-5,7-8,13H,6,9,19H2. The highest BCUT2D eigenvalue weighted by molar-refractivity contribution is 9.10. The lowest BCUT2D eigenvalue weighted by Crippen LogP contribution is -2.25. The highest BCUT2D eigenvalue weighted by Gasteiger charge is 2.08. The Labute approximate surface area is 145 Å². The molecule has 20 heavy (non-hydrogen) atoms. The molecular formula is C15H14Br2ClNS. The lowest BCUT2D eigenvalue weighted by Gasteiger charge is -2.13. The van der Waals surface area contributed by atoms with E-state index in [1.54, 1.807) is 11.8 Å². The van der Waals surface area contributed by atoms with Crippen molar-refractivity contribution in [3.63, 3.8) is 0 Å². The van der Waals surface area contributed by atoms with Crippen LogP contribution in [0.4, 0.5) is 0 Å². The van der Waals surface area contributed by atoms with Crippen LogP contribution < -0.4 is 5.73 Å². The average Bonchev–Trinajstić information content (AvgIpc) is 2.40. The van der Waals surface area contributed by atoms with Crippen LogP contribution in [0, 0.1) is 0 Å². The van der Waals surface area contributed by atoms with Crippen molar-refractivity contribution < 1.29 is 0 Å². The molecule has 0 aliphatic carbocycles. The van der Waals surface area contributed by atoms with Crippen LogP contribution in [0.15, 0.2) is 56.3 Å². The first kappa shape index (κ1) is 16.4. The minimum atomic E-state index is 0.0812. The fraction of sp³-hybridized carbons (Fsp3) is 0.200. The second-order valence-corrected chi connectivity index (χ2v) is 7.80. The zero-order valence-corrected chi connectivity index (χ0v) is 15.4. The first-order valence-corrected chi connectivity index (χ1v) is 9.07. The molecule has 2 aromatic rings. The van der Waals surface area contributed by atoms with Crippen LogP contribution in [-0.4, -0.2) is 11.8 Å². The van der Waals surface area contributed by atoms with Crippen LogP contribution in [0.25, 0.3) is 0 Å². The van der Waals surface area contributed by atoms with Crippen molar-refractivity contribution in [2.45, 2.75) is 17.4 Å². The smallest absolute Gasteiger partial charge is 0.0449 e. The zero-order valence-electron chi connectivity index (χ0n) is 10.7. The van der Waals surface area contributed by atoms with Gasteiger partial charge in [0, 0.05) is 30.7 Å². The van der Waals surface area contributed by atoms with Crippen molar-refractivity contribution in [3.8, 4) is 0 Å². The average molecular weight is 436 g/mol. The maximum absolute atomic E-state index is 6.21. The Hall–Kier alpha value is -0.0000000000000000555. The molecular weight excluding hydrogens is 422 g/mol. The van der Waals surface area contributed by atoms with Gasteiger partial charge in [0.25, 0.3) is 0 Å². The Morgan fingerprint density at radius 2 is 1.85 bits per heavy atom. The van der Waals surface area contributed by atoms with Gasteiger partial charge >= 0.3 is 0 Å². The maximum atomic E-state index is 6.21. The molecule has 0 saturated carbocycles. The van der Waals surface area contributed by atoms with Crippen LogP contribution in [0.5, 0.6) is 0 Å². The van der Waals surface area contributed by atoms with Gasteiger partial charge in [-0.15, -0.1) is 11.8 Å². The number of hydrogen-bond acceptors (Lipinski definition) is 2. The molecule has 2 aromatic carbocycles. The molecule has 0 aliphatic heterocycles.